The first kappa shape index (κ1) is 13.0. The number of rotatable bonds is 3. The van der Waals surface area contributed by atoms with E-state index in [-0.39, 0.29) is 11.5 Å². The van der Waals surface area contributed by atoms with Crippen LogP contribution in [0.4, 0.5) is 10.1 Å². The Kier molecular flexibility index (Phi) is 3.98. The maximum Gasteiger partial charge on any atom is 0.270 e. The van der Waals surface area contributed by atoms with Gasteiger partial charge in [-0.25, -0.2) is 4.39 Å². The van der Waals surface area contributed by atoms with Gasteiger partial charge in [0.2, 0.25) is 0 Å². The zero-order valence-electron chi connectivity index (χ0n) is 8.97. The van der Waals surface area contributed by atoms with Crippen LogP contribution in [0.5, 0.6) is 0 Å². The second kappa shape index (κ2) is 5.49. The van der Waals surface area contributed by atoms with Crippen LogP contribution in [0.15, 0.2) is 56.7 Å². The van der Waals surface area contributed by atoms with Gasteiger partial charge in [0.1, 0.15) is 5.82 Å². The summed E-state index contributed by atoms with van der Waals surface area (Å²) < 4.78 is 13.4. The van der Waals surface area contributed by atoms with E-state index in [0.29, 0.717) is 4.47 Å². The van der Waals surface area contributed by atoms with Crippen LogP contribution in [0.25, 0.3) is 0 Å². The molecule has 0 aromatic heterocycles. The van der Waals surface area contributed by atoms with Gasteiger partial charge >= 0.3 is 0 Å². The number of hydrogen-bond donors (Lipinski definition) is 0. The van der Waals surface area contributed by atoms with Crippen LogP contribution in [-0.2, 0) is 0 Å². The van der Waals surface area contributed by atoms with Gasteiger partial charge in [-0.05, 0) is 46.3 Å². The molecule has 0 aliphatic rings. The maximum atomic E-state index is 12.8. The zero-order chi connectivity index (χ0) is 13.1. The van der Waals surface area contributed by atoms with Gasteiger partial charge in [-0.3, -0.25) is 10.1 Å². The van der Waals surface area contributed by atoms with Crippen molar-refractivity contribution in [2.45, 2.75) is 9.79 Å². The Bertz CT molecular complexity index is 589. The van der Waals surface area contributed by atoms with Crippen molar-refractivity contribution in [3.05, 3.63) is 62.9 Å². The highest BCUT2D eigenvalue weighted by Gasteiger charge is 2.10. The van der Waals surface area contributed by atoms with Gasteiger partial charge in [0.15, 0.2) is 0 Å². The summed E-state index contributed by atoms with van der Waals surface area (Å²) >= 11 is 4.70. The van der Waals surface area contributed by atoms with E-state index >= 15 is 0 Å². The lowest BCUT2D eigenvalue weighted by Gasteiger charge is -2.04. The average molecular weight is 328 g/mol. The monoisotopic (exact) mass is 327 g/mol. The van der Waals surface area contributed by atoms with Crippen molar-refractivity contribution in [3.8, 4) is 0 Å². The SMILES string of the molecule is O=[N+]([O-])c1ccc(Sc2ccc(F)cc2)c(Br)c1. The molecule has 0 aliphatic heterocycles. The number of benzene rings is 2. The summed E-state index contributed by atoms with van der Waals surface area (Å²) in [6.07, 6.45) is 0. The molecule has 2 rings (SSSR count). The number of halogens is 2. The molecule has 0 saturated carbocycles. The van der Waals surface area contributed by atoms with E-state index in [1.165, 1.54) is 36.0 Å². The van der Waals surface area contributed by atoms with Gasteiger partial charge < -0.3 is 0 Å². The summed E-state index contributed by atoms with van der Waals surface area (Å²) in [4.78, 5) is 11.9. The summed E-state index contributed by atoms with van der Waals surface area (Å²) in [6, 6.07) is 10.6. The van der Waals surface area contributed by atoms with Crippen LogP contribution in [0, 0.1) is 15.9 Å². The average Bonchev–Trinajstić information content (AvgIpc) is 2.34. The highest BCUT2D eigenvalue weighted by Crippen LogP contribution is 2.35. The van der Waals surface area contributed by atoms with E-state index in [0.717, 1.165) is 9.79 Å². The lowest BCUT2D eigenvalue weighted by molar-refractivity contribution is -0.385. The molecule has 0 amide bonds. The molecule has 0 fully saturated rings. The van der Waals surface area contributed by atoms with Gasteiger partial charge in [-0.2, -0.15) is 0 Å². The maximum absolute atomic E-state index is 12.8. The summed E-state index contributed by atoms with van der Waals surface area (Å²) in [5.41, 5.74) is 0.0327. The van der Waals surface area contributed by atoms with Crippen LogP contribution in [0.3, 0.4) is 0 Å². The Balaban J connectivity index is 2.24. The van der Waals surface area contributed by atoms with E-state index in [1.807, 2.05) is 0 Å². The van der Waals surface area contributed by atoms with Crippen molar-refractivity contribution in [2.75, 3.05) is 0 Å². The zero-order valence-corrected chi connectivity index (χ0v) is 11.4. The van der Waals surface area contributed by atoms with Crippen molar-refractivity contribution in [3.63, 3.8) is 0 Å². The second-order valence-corrected chi connectivity index (χ2v) is 5.40. The van der Waals surface area contributed by atoms with Gasteiger partial charge in [0.25, 0.3) is 5.69 Å². The third kappa shape index (κ3) is 3.08. The first-order valence-corrected chi connectivity index (χ1v) is 6.54. The fraction of sp³-hybridized carbons (Fsp3) is 0. The third-order valence-corrected chi connectivity index (χ3v) is 4.17. The molecule has 0 bridgehead atoms. The fourth-order valence-electron chi connectivity index (χ4n) is 1.32. The van der Waals surface area contributed by atoms with Gasteiger partial charge in [-0.15, -0.1) is 0 Å². The highest BCUT2D eigenvalue weighted by atomic mass is 79.9. The Morgan fingerprint density at radius 3 is 2.39 bits per heavy atom. The first-order chi connectivity index (χ1) is 8.56. The number of non-ortho nitro benzene ring substituents is 1. The van der Waals surface area contributed by atoms with Gasteiger partial charge in [0, 0.05) is 26.4 Å². The van der Waals surface area contributed by atoms with E-state index in [1.54, 1.807) is 18.2 Å². The summed E-state index contributed by atoms with van der Waals surface area (Å²) in [7, 11) is 0. The van der Waals surface area contributed by atoms with Gasteiger partial charge in [-0.1, -0.05) is 11.8 Å². The molecular weight excluding hydrogens is 321 g/mol. The molecule has 0 saturated heterocycles. The lowest BCUT2D eigenvalue weighted by atomic mass is 10.3. The summed E-state index contributed by atoms with van der Waals surface area (Å²) in [5.74, 6) is -0.290. The van der Waals surface area contributed by atoms with E-state index in [9.17, 15) is 14.5 Å². The molecule has 0 unspecified atom stereocenters. The molecule has 6 heteroatoms. The minimum atomic E-state index is -0.447. The molecule has 0 radical (unpaired) electrons. The number of nitro groups is 1. The minimum absolute atomic E-state index is 0.0327. The fourth-order valence-corrected chi connectivity index (χ4v) is 2.74. The Morgan fingerprint density at radius 2 is 1.83 bits per heavy atom. The lowest BCUT2D eigenvalue weighted by Crippen LogP contribution is -1.88. The molecule has 18 heavy (non-hydrogen) atoms. The van der Waals surface area contributed by atoms with E-state index < -0.39 is 4.92 Å². The Hall–Kier alpha value is -1.40. The molecule has 0 spiro atoms. The smallest absolute Gasteiger partial charge is 0.258 e. The van der Waals surface area contributed by atoms with Crippen LogP contribution in [-0.4, -0.2) is 4.92 Å². The first-order valence-electron chi connectivity index (χ1n) is 4.93. The highest BCUT2D eigenvalue weighted by molar-refractivity contribution is 9.10. The van der Waals surface area contributed by atoms with Crippen LogP contribution in [0.2, 0.25) is 0 Å². The molecule has 3 nitrogen and oxygen atoms in total. The number of hydrogen-bond acceptors (Lipinski definition) is 3. The normalized spacial score (nSPS) is 10.3. The molecule has 0 aliphatic carbocycles. The largest absolute Gasteiger partial charge is 0.270 e. The summed E-state index contributed by atoms with van der Waals surface area (Å²) in [6.45, 7) is 0. The van der Waals surface area contributed by atoms with E-state index in [4.69, 9.17) is 0 Å². The van der Waals surface area contributed by atoms with Crippen molar-refractivity contribution in [1.82, 2.24) is 0 Å². The topological polar surface area (TPSA) is 43.1 Å². The quantitative estimate of drug-likeness (QED) is 0.608. The summed E-state index contributed by atoms with van der Waals surface area (Å²) in [5, 5.41) is 10.6. The third-order valence-electron chi connectivity index (χ3n) is 2.17. The van der Waals surface area contributed by atoms with Crippen molar-refractivity contribution >= 4 is 33.4 Å². The van der Waals surface area contributed by atoms with Crippen LogP contribution in [0.1, 0.15) is 0 Å². The molecule has 92 valence electrons. The van der Waals surface area contributed by atoms with Crippen LogP contribution < -0.4 is 0 Å². The van der Waals surface area contributed by atoms with Crippen molar-refractivity contribution < 1.29 is 9.31 Å². The van der Waals surface area contributed by atoms with Crippen molar-refractivity contribution in [1.29, 1.82) is 0 Å². The van der Waals surface area contributed by atoms with Crippen molar-refractivity contribution in [2.24, 2.45) is 0 Å². The molecule has 2 aromatic rings. The van der Waals surface area contributed by atoms with Gasteiger partial charge in [0.05, 0.1) is 4.92 Å². The van der Waals surface area contributed by atoms with Crippen LogP contribution >= 0.6 is 27.7 Å². The molecule has 0 atom stereocenters. The molecular formula is C12H7BrFNO2S. The number of nitrogens with zero attached hydrogens (tertiary/aromatic N) is 1. The predicted molar refractivity (Wildman–Crippen MR) is 71.3 cm³/mol. The molecule has 0 heterocycles. The Labute approximate surface area is 115 Å². The van der Waals surface area contributed by atoms with E-state index in [2.05, 4.69) is 15.9 Å². The molecule has 0 N–H and O–H groups in total. The molecule has 2 aromatic carbocycles. The minimum Gasteiger partial charge on any atom is -0.258 e. The standard InChI is InChI=1S/C12H7BrFNO2S/c13-11-7-9(15(16)17)3-6-12(11)18-10-4-1-8(14)2-5-10/h1-7H. The Morgan fingerprint density at radius 1 is 1.17 bits per heavy atom. The predicted octanol–water partition coefficient (Wildman–Crippen LogP) is 4.65. The number of nitro benzene ring substituents is 1. The second-order valence-electron chi connectivity index (χ2n) is 3.43.